The van der Waals surface area contributed by atoms with Crippen LogP contribution in [0.15, 0.2) is 59.1 Å². The molecule has 2 N–H and O–H groups in total. The van der Waals surface area contributed by atoms with Crippen LogP contribution in [0.3, 0.4) is 0 Å². The van der Waals surface area contributed by atoms with Gasteiger partial charge in [-0.2, -0.15) is 0 Å². The van der Waals surface area contributed by atoms with E-state index >= 15 is 0 Å². The van der Waals surface area contributed by atoms with Crippen LogP contribution in [-0.2, 0) is 6.61 Å². The molecule has 3 aromatic rings. The molecular formula is C21H18ClN3O4. The van der Waals surface area contributed by atoms with Crippen molar-refractivity contribution in [1.82, 2.24) is 10.5 Å². The molecule has 1 aliphatic carbocycles. The number of benzene rings is 2. The largest absolute Gasteiger partial charge is 0.486 e. The molecule has 8 heteroatoms. The second-order valence-electron chi connectivity index (χ2n) is 6.70. The molecule has 4 rings (SSSR count). The third kappa shape index (κ3) is 5.14. The van der Waals surface area contributed by atoms with E-state index in [2.05, 4.69) is 15.8 Å². The number of nitrogens with one attached hydrogen (secondary N) is 2. The standard InChI is InChI=1S/C21H18ClN3O4/c22-14-3-1-13(2-4-14)20(26)23-16-7-9-17(10-8-16)28-12-18-11-19(25-29-18)21(27)24-15-5-6-15/h1-4,7-11,15H,5-6,12H2,(H,23,26)(H,24,27). The summed E-state index contributed by atoms with van der Waals surface area (Å²) in [6.07, 6.45) is 2.02. The fourth-order valence-electron chi connectivity index (χ4n) is 2.57. The van der Waals surface area contributed by atoms with E-state index in [0.717, 1.165) is 12.8 Å². The van der Waals surface area contributed by atoms with Crippen LogP contribution >= 0.6 is 11.6 Å². The van der Waals surface area contributed by atoms with Crippen molar-refractivity contribution in [3.05, 3.63) is 76.6 Å². The molecule has 0 unspecified atom stereocenters. The molecule has 1 fully saturated rings. The Kier molecular flexibility index (Phi) is 5.48. The zero-order chi connectivity index (χ0) is 20.2. The molecule has 1 aromatic heterocycles. The first-order valence-corrected chi connectivity index (χ1v) is 9.51. The molecule has 0 bridgehead atoms. The molecule has 1 saturated carbocycles. The molecule has 0 aliphatic heterocycles. The highest BCUT2D eigenvalue weighted by Gasteiger charge is 2.25. The molecule has 1 aliphatic rings. The minimum absolute atomic E-state index is 0.139. The molecule has 148 valence electrons. The van der Waals surface area contributed by atoms with Gasteiger partial charge >= 0.3 is 0 Å². The van der Waals surface area contributed by atoms with Gasteiger partial charge in [-0.3, -0.25) is 9.59 Å². The van der Waals surface area contributed by atoms with E-state index in [0.29, 0.717) is 27.8 Å². The predicted octanol–water partition coefficient (Wildman–Crippen LogP) is 4.05. The predicted molar refractivity (Wildman–Crippen MR) is 107 cm³/mol. The number of carbonyl (C=O) groups is 2. The quantitative estimate of drug-likeness (QED) is 0.611. The van der Waals surface area contributed by atoms with Crippen molar-refractivity contribution in [1.29, 1.82) is 0 Å². The zero-order valence-corrected chi connectivity index (χ0v) is 16.1. The normalized spacial score (nSPS) is 13.0. The summed E-state index contributed by atoms with van der Waals surface area (Å²) in [5.41, 5.74) is 1.40. The van der Waals surface area contributed by atoms with Crippen LogP contribution in [0.2, 0.25) is 5.02 Å². The maximum absolute atomic E-state index is 12.2. The SMILES string of the molecule is O=C(Nc1ccc(OCc2cc(C(=O)NC3CC3)no2)cc1)c1ccc(Cl)cc1. The molecule has 2 aromatic carbocycles. The number of anilines is 1. The van der Waals surface area contributed by atoms with Crippen molar-refractivity contribution in [3.63, 3.8) is 0 Å². The first kappa shape index (κ1) is 19.0. The second kappa shape index (κ2) is 8.36. The summed E-state index contributed by atoms with van der Waals surface area (Å²) in [7, 11) is 0. The van der Waals surface area contributed by atoms with E-state index in [1.807, 2.05) is 0 Å². The first-order chi connectivity index (χ1) is 14.1. The summed E-state index contributed by atoms with van der Waals surface area (Å²) in [6.45, 7) is 0.139. The molecule has 0 saturated heterocycles. The molecular weight excluding hydrogens is 394 g/mol. The Labute approximate surface area is 172 Å². The van der Waals surface area contributed by atoms with E-state index in [9.17, 15) is 9.59 Å². The Bertz CT molecular complexity index is 1010. The number of carbonyl (C=O) groups excluding carboxylic acids is 2. The smallest absolute Gasteiger partial charge is 0.273 e. The third-order valence-corrected chi connectivity index (χ3v) is 4.56. The minimum Gasteiger partial charge on any atom is -0.486 e. The van der Waals surface area contributed by atoms with Crippen molar-refractivity contribution < 1.29 is 18.8 Å². The summed E-state index contributed by atoms with van der Waals surface area (Å²) in [6, 6.07) is 15.4. The van der Waals surface area contributed by atoms with Gasteiger partial charge in [-0.15, -0.1) is 0 Å². The monoisotopic (exact) mass is 411 g/mol. The number of nitrogens with zero attached hydrogens (tertiary/aromatic N) is 1. The highest BCUT2D eigenvalue weighted by atomic mass is 35.5. The highest BCUT2D eigenvalue weighted by Crippen LogP contribution is 2.20. The minimum atomic E-state index is -0.233. The fourth-order valence-corrected chi connectivity index (χ4v) is 2.69. The van der Waals surface area contributed by atoms with Crippen LogP contribution in [0.25, 0.3) is 0 Å². The number of rotatable bonds is 7. The Hall–Kier alpha value is -3.32. The molecule has 1 heterocycles. The van der Waals surface area contributed by atoms with Gasteiger partial charge in [0.15, 0.2) is 11.5 Å². The van der Waals surface area contributed by atoms with Crippen molar-refractivity contribution in [3.8, 4) is 5.75 Å². The van der Waals surface area contributed by atoms with Crippen LogP contribution in [0.5, 0.6) is 5.75 Å². The van der Waals surface area contributed by atoms with Gasteiger partial charge in [0.25, 0.3) is 11.8 Å². The van der Waals surface area contributed by atoms with Crippen LogP contribution in [0, 0.1) is 0 Å². The summed E-state index contributed by atoms with van der Waals surface area (Å²) < 4.78 is 10.8. The highest BCUT2D eigenvalue weighted by molar-refractivity contribution is 6.30. The van der Waals surface area contributed by atoms with E-state index in [-0.39, 0.29) is 30.2 Å². The van der Waals surface area contributed by atoms with Crippen molar-refractivity contribution in [2.75, 3.05) is 5.32 Å². The van der Waals surface area contributed by atoms with Gasteiger partial charge in [-0.1, -0.05) is 16.8 Å². The lowest BCUT2D eigenvalue weighted by Crippen LogP contribution is -2.25. The van der Waals surface area contributed by atoms with Gasteiger partial charge in [0, 0.05) is 28.4 Å². The van der Waals surface area contributed by atoms with E-state index in [1.54, 1.807) is 54.6 Å². The van der Waals surface area contributed by atoms with Crippen molar-refractivity contribution in [2.45, 2.75) is 25.5 Å². The zero-order valence-electron chi connectivity index (χ0n) is 15.4. The fraction of sp³-hybridized carbons (Fsp3) is 0.190. The van der Waals surface area contributed by atoms with Gasteiger partial charge in [-0.05, 0) is 61.4 Å². The van der Waals surface area contributed by atoms with Crippen LogP contribution in [0.1, 0.15) is 39.4 Å². The van der Waals surface area contributed by atoms with E-state index < -0.39 is 0 Å². The molecule has 0 radical (unpaired) electrons. The van der Waals surface area contributed by atoms with Crippen LogP contribution in [0.4, 0.5) is 5.69 Å². The maximum atomic E-state index is 12.2. The first-order valence-electron chi connectivity index (χ1n) is 9.13. The number of hydrogen-bond acceptors (Lipinski definition) is 5. The summed E-state index contributed by atoms with van der Waals surface area (Å²) in [5.74, 6) is 0.582. The van der Waals surface area contributed by atoms with Gasteiger partial charge in [0.1, 0.15) is 12.4 Å². The summed E-state index contributed by atoms with van der Waals surface area (Å²) in [4.78, 5) is 24.1. The number of hydrogen-bond donors (Lipinski definition) is 2. The Morgan fingerprint density at radius 1 is 1.07 bits per heavy atom. The van der Waals surface area contributed by atoms with Gasteiger partial charge in [0.05, 0.1) is 0 Å². The van der Waals surface area contributed by atoms with Crippen molar-refractivity contribution >= 4 is 29.1 Å². The lowest BCUT2D eigenvalue weighted by Gasteiger charge is -2.07. The maximum Gasteiger partial charge on any atom is 0.273 e. The lowest BCUT2D eigenvalue weighted by atomic mass is 10.2. The number of ether oxygens (including phenoxy) is 1. The Morgan fingerprint density at radius 2 is 1.79 bits per heavy atom. The number of aromatic nitrogens is 1. The number of amides is 2. The molecule has 0 atom stereocenters. The topological polar surface area (TPSA) is 93.5 Å². The molecule has 7 nitrogen and oxygen atoms in total. The Morgan fingerprint density at radius 3 is 2.48 bits per heavy atom. The molecule has 0 spiro atoms. The summed E-state index contributed by atoms with van der Waals surface area (Å²) in [5, 5.41) is 10.00. The lowest BCUT2D eigenvalue weighted by molar-refractivity contribution is 0.0941. The van der Waals surface area contributed by atoms with Crippen molar-refractivity contribution in [2.24, 2.45) is 0 Å². The van der Waals surface area contributed by atoms with E-state index in [4.69, 9.17) is 20.9 Å². The van der Waals surface area contributed by atoms with Gasteiger partial charge < -0.3 is 19.9 Å². The van der Waals surface area contributed by atoms with Gasteiger partial charge in [-0.25, -0.2) is 0 Å². The van der Waals surface area contributed by atoms with Crippen LogP contribution in [-0.4, -0.2) is 23.0 Å². The Balaban J connectivity index is 1.29. The number of halogens is 1. The van der Waals surface area contributed by atoms with E-state index in [1.165, 1.54) is 0 Å². The average molecular weight is 412 g/mol. The summed E-state index contributed by atoms with van der Waals surface area (Å²) >= 11 is 5.83. The average Bonchev–Trinajstić information content (AvgIpc) is 3.41. The van der Waals surface area contributed by atoms with Crippen LogP contribution < -0.4 is 15.4 Å². The third-order valence-electron chi connectivity index (χ3n) is 4.30. The molecule has 29 heavy (non-hydrogen) atoms. The molecule has 2 amide bonds. The van der Waals surface area contributed by atoms with Gasteiger partial charge in [0.2, 0.25) is 0 Å². The second-order valence-corrected chi connectivity index (χ2v) is 7.14.